The van der Waals surface area contributed by atoms with E-state index in [0.717, 1.165) is 16.7 Å². The van der Waals surface area contributed by atoms with Crippen molar-refractivity contribution < 1.29 is 104 Å². The first-order valence-electron chi connectivity index (χ1n) is 41.7. The van der Waals surface area contributed by atoms with Gasteiger partial charge in [-0.05, 0) is 161 Å². The molecule has 16 unspecified atom stereocenters. The number of hydrogen-bond acceptors (Lipinski definition) is 24. The largest absolute Gasteiger partial charge is 0.497 e. The zero-order valence-electron chi connectivity index (χ0n) is 70.5. The molecule has 0 aromatic heterocycles. The molecular weight excluding hydrogens is 1560 g/mol. The third-order valence-electron chi connectivity index (χ3n) is 21.9. The lowest BCUT2D eigenvalue weighted by atomic mass is 9.80. The van der Waals surface area contributed by atoms with Crippen LogP contribution in [-0.4, -0.2) is 181 Å². The van der Waals surface area contributed by atoms with E-state index in [1.165, 1.54) is 0 Å². The van der Waals surface area contributed by atoms with Gasteiger partial charge in [-0.3, -0.25) is 0 Å². The number of hydrogen-bond donors (Lipinski definition) is 0. The van der Waals surface area contributed by atoms with Crippen molar-refractivity contribution in [3.8, 4) is 17.6 Å². The van der Waals surface area contributed by atoms with Crippen LogP contribution >= 0.6 is 8.53 Å². The summed E-state index contributed by atoms with van der Waals surface area (Å²) in [6.45, 7) is 16.1. The summed E-state index contributed by atoms with van der Waals surface area (Å²) < 4.78 is 114. The highest BCUT2D eigenvalue weighted by molar-refractivity contribution is 7.44. The van der Waals surface area contributed by atoms with Gasteiger partial charge in [0.1, 0.15) is 66.9 Å². The monoisotopic (exact) mass is 1680 g/mol. The van der Waals surface area contributed by atoms with Crippen LogP contribution in [0, 0.1) is 35.0 Å². The third kappa shape index (κ3) is 24.8. The summed E-state index contributed by atoms with van der Waals surface area (Å²) in [7, 11) is 1.80. The van der Waals surface area contributed by atoms with E-state index in [1.54, 1.807) is 167 Å². The lowest BCUT2D eigenvalue weighted by molar-refractivity contribution is -0.361. The minimum Gasteiger partial charge on any atom is -0.497 e. The second-order valence-corrected chi connectivity index (χ2v) is 32.3. The standard InChI is InChI=1S/C96H113N2O22P/c1-64(2)98(65(3)4)121(112-60-34-55-97)111-59-31-17-30-57-107-93-68(7)84(86(117-91(102)73-41-24-14-25-42-73)81(113-93)62-108-88(99)70-35-18-11-19-36-70)120-95-69(8)85(87(118-92(103)74-43-26-15-27-44-74)82(115-95)63-109-89(100)71-37-20-12-21-38-71)119-94-67(6)66(5)83(116-90(101)72-39-22-13-23-40-72)80(114-94)61-106-56-32-33-58-110-96(75-45-28-16-29-46-75,76-47-51-78(104-9)52-48-76)77-49-53-79(105-10)54-50-77/h11-16,18-29,35-54,64-69,80-87,93-95H,17,30-34,56-63H2,1-10H3. The normalized spacial score (nSPS) is 23.2. The number of methoxy groups -OCH3 is 2. The smallest absolute Gasteiger partial charge is 0.338 e. The minimum atomic E-state index is -1.46. The Morgan fingerprint density at radius 1 is 0.397 bits per heavy atom. The maximum Gasteiger partial charge on any atom is 0.338 e. The van der Waals surface area contributed by atoms with Gasteiger partial charge in [0.2, 0.25) is 0 Å². The van der Waals surface area contributed by atoms with Gasteiger partial charge in [0.15, 0.2) is 31.1 Å². The highest BCUT2D eigenvalue weighted by atomic mass is 31.2. The highest BCUT2D eigenvalue weighted by Crippen LogP contribution is 2.48. The van der Waals surface area contributed by atoms with Gasteiger partial charge >= 0.3 is 29.8 Å². The molecule has 24 nitrogen and oxygen atoms in total. The number of rotatable bonds is 43. The quantitative estimate of drug-likeness (QED) is 0.0113. The number of unbranched alkanes of at least 4 members (excludes halogenated alkanes) is 3. The number of carbonyl (C=O) groups is 5. The predicted molar refractivity (Wildman–Crippen MR) is 452 cm³/mol. The molecule has 3 fully saturated rings. The van der Waals surface area contributed by atoms with Crippen LogP contribution in [-0.2, 0) is 76.2 Å². The van der Waals surface area contributed by atoms with E-state index in [2.05, 4.69) is 50.6 Å². The van der Waals surface area contributed by atoms with Crippen LogP contribution in [0.4, 0.5) is 0 Å². The van der Waals surface area contributed by atoms with Gasteiger partial charge < -0.3 is 80.1 Å². The van der Waals surface area contributed by atoms with Crippen molar-refractivity contribution in [1.82, 2.24) is 4.67 Å². The summed E-state index contributed by atoms with van der Waals surface area (Å²) >= 11 is 0. The lowest BCUT2D eigenvalue weighted by Crippen LogP contribution is -2.64. The van der Waals surface area contributed by atoms with E-state index in [1.807, 2.05) is 93.6 Å². The Morgan fingerprint density at radius 3 is 1.20 bits per heavy atom. The molecule has 0 N–H and O–H groups in total. The molecular formula is C96H113N2O22P. The van der Waals surface area contributed by atoms with Crippen LogP contribution in [0.25, 0.3) is 0 Å². The van der Waals surface area contributed by atoms with Crippen molar-refractivity contribution in [2.75, 3.05) is 67.1 Å². The molecule has 16 atom stereocenters. The topological polar surface area (TPSA) is 269 Å². The van der Waals surface area contributed by atoms with Crippen molar-refractivity contribution in [2.24, 2.45) is 23.7 Å². The Morgan fingerprint density at radius 2 is 0.760 bits per heavy atom. The maximum absolute atomic E-state index is 14.9. The Labute approximate surface area is 711 Å². The molecule has 0 aliphatic carbocycles. The third-order valence-corrected chi connectivity index (χ3v) is 24.0. The molecule has 8 aromatic rings. The van der Waals surface area contributed by atoms with E-state index in [0.29, 0.717) is 62.4 Å². The Balaban J connectivity index is 0.901. The van der Waals surface area contributed by atoms with Crippen molar-refractivity contribution >= 4 is 38.4 Å². The van der Waals surface area contributed by atoms with Crippen LogP contribution in [0.3, 0.4) is 0 Å². The van der Waals surface area contributed by atoms with E-state index in [-0.39, 0.29) is 67.2 Å². The van der Waals surface area contributed by atoms with Crippen LogP contribution in [0.15, 0.2) is 231 Å². The number of nitriles is 1. The van der Waals surface area contributed by atoms with Gasteiger partial charge in [0.05, 0.1) is 74.3 Å². The van der Waals surface area contributed by atoms with Crippen molar-refractivity contribution in [3.63, 3.8) is 0 Å². The molecule has 121 heavy (non-hydrogen) atoms. The summed E-state index contributed by atoms with van der Waals surface area (Å²) in [6, 6.07) is 70.5. The molecule has 3 aliphatic heterocycles. The fraction of sp³-hybridized carbons (Fsp3) is 0.438. The number of esters is 5. The second-order valence-electron chi connectivity index (χ2n) is 30.8. The van der Waals surface area contributed by atoms with Gasteiger partial charge in [-0.2, -0.15) is 5.26 Å². The summed E-state index contributed by atoms with van der Waals surface area (Å²) in [5.41, 5.74) is 2.87. The van der Waals surface area contributed by atoms with Crippen molar-refractivity contribution in [1.29, 1.82) is 5.26 Å². The Hall–Kier alpha value is -9.81. The van der Waals surface area contributed by atoms with E-state index < -0.39 is 149 Å². The first-order valence-corrected chi connectivity index (χ1v) is 42.8. The lowest BCUT2D eigenvalue weighted by Gasteiger charge is -2.51. The fourth-order valence-corrected chi connectivity index (χ4v) is 16.8. The molecule has 0 saturated carbocycles. The first-order chi connectivity index (χ1) is 58.8. The zero-order valence-corrected chi connectivity index (χ0v) is 71.4. The molecule has 25 heteroatoms. The molecule has 3 aliphatic rings. The van der Waals surface area contributed by atoms with Gasteiger partial charge in [-0.15, -0.1) is 0 Å². The van der Waals surface area contributed by atoms with Crippen molar-refractivity contribution in [3.05, 3.63) is 275 Å². The van der Waals surface area contributed by atoms with Crippen LogP contribution in [0.1, 0.15) is 162 Å². The molecule has 0 spiro atoms. The SMILES string of the molecule is COc1ccc(C(OCCCCOCC2OC(OC3C(C)C(OC4C(C)C(OCCCCCOP(OCCC#N)N(C(C)C)C(C)C)OC(COC(=O)c5ccccc5)C4OC(=O)c4ccccc4)OC(COC(=O)c4ccccc4)C3OC(=O)c3ccccc3)C(C)C(C)C2OC(=O)c2ccccc2)(c2ccccc2)c2ccc(OC)cc2)cc1. The van der Waals surface area contributed by atoms with Gasteiger partial charge in [-0.25, -0.2) is 28.6 Å². The average molecular weight is 1680 g/mol. The summed E-state index contributed by atoms with van der Waals surface area (Å²) in [4.78, 5) is 72.1. The van der Waals surface area contributed by atoms with Gasteiger partial charge in [0, 0.05) is 55.6 Å². The van der Waals surface area contributed by atoms with E-state index in [4.69, 9.17) is 80.1 Å². The molecule has 0 amide bonds. The van der Waals surface area contributed by atoms with Crippen LogP contribution in [0.5, 0.6) is 11.5 Å². The predicted octanol–water partition coefficient (Wildman–Crippen LogP) is 17.2. The first kappa shape index (κ1) is 91.9. The van der Waals surface area contributed by atoms with Gasteiger partial charge in [0.25, 0.3) is 8.53 Å². The molecule has 644 valence electrons. The fourth-order valence-electron chi connectivity index (χ4n) is 15.2. The highest BCUT2D eigenvalue weighted by Gasteiger charge is 2.56. The number of ether oxygens (including phenoxy) is 15. The molecule has 11 rings (SSSR count). The van der Waals surface area contributed by atoms with Crippen molar-refractivity contribution in [2.45, 2.75) is 179 Å². The molecule has 3 saturated heterocycles. The summed E-state index contributed by atoms with van der Waals surface area (Å²) in [5, 5.41) is 9.31. The molecule has 0 bridgehead atoms. The number of benzene rings is 8. The van der Waals surface area contributed by atoms with Gasteiger partial charge in [-0.1, -0.05) is 173 Å². The second kappa shape index (κ2) is 46.4. The summed E-state index contributed by atoms with van der Waals surface area (Å²) in [5.74, 6) is -4.91. The zero-order chi connectivity index (χ0) is 85.6. The molecule has 0 radical (unpaired) electrons. The van der Waals surface area contributed by atoms with Crippen LogP contribution < -0.4 is 9.47 Å². The minimum absolute atomic E-state index is 0.0723. The average Bonchev–Trinajstić information content (AvgIpc) is 0.754. The maximum atomic E-state index is 14.9. The molecule has 8 aromatic carbocycles. The van der Waals surface area contributed by atoms with E-state index >= 15 is 0 Å². The Bertz CT molecular complexity index is 4440. The Kier molecular flexibility index (Phi) is 35.3. The number of nitrogens with zero attached hydrogens (tertiary/aromatic N) is 2. The van der Waals surface area contributed by atoms with E-state index in [9.17, 15) is 29.2 Å². The van der Waals surface area contributed by atoms with Crippen LogP contribution in [0.2, 0.25) is 0 Å². The number of carbonyl (C=O) groups excluding carboxylic acids is 5. The molecule has 3 heterocycles. The summed E-state index contributed by atoms with van der Waals surface area (Å²) in [6.07, 6.45) is -10.2.